The summed E-state index contributed by atoms with van der Waals surface area (Å²) in [5.74, 6) is 0.994. The first-order valence-electron chi connectivity index (χ1n) is 6.89. The van der Waals surface area contributed by atoms with Crippen LogP contribution in [0, 0.1) is 5.92 Å². The minimum absolute atomic E-state index is 0.217. The van der Waals surface area contributed by atoms with Crippen molar-refractivity contribution in [3.8, 4) is 0 Å². The number of carbonyl (C=O) groups excluding carboxylic acids is 1. The lowest BCUT2D eigenvalue weighted by molar-refractivity contribution is 0.0675. The molecule has 0 saturated carbocycles. The number of nitrogens with one attached hydrogen (secondary N) is 1. The lowest BCUT2D eigenvalue weighted by Gasteiger charge is -2.34. The first kappa shape index (κ1) is 12.2. The molecular formula is C14H20N2OS. The molecule has 1 aromatic heterocycles. The standard InChI is InChI=1S/C14H20N2OS/c17-14(12-5-9-18-10-12)16-7-3-11(4-8-16)13-2-1-6-15-13/h5,9-11,13,15H,1-4,6-8H2. The van der Waals surface area contributed by atoms with Crippen LogP contribution >= 0.6 is 11.3 Å². The Kier molecular flexibility index (Phi) is 3.66. The molecule has 1 N–H and O–H groups in total. The van der Waals surface area contributed by atoms with E-state index in [0.717, 1.165) is 37.4 Å². The number of hydrogen-bond donors (Lipinski definition) is 1. The average molecular weight is 264 g/mol. The third-order valence-corrected chi connectivity index (χ3v) is 4.95. The Bertz CT molecular complexity index is 390. The SMILES string of the molecule is O=C(c1ccsc1)N1CCC(C2CCCN2)CC1. The van der Waals surface area contributed by atoms with Crippen LogP contribution in [0.2, 0.25) is 0 Å². The largest absolute Gasteiger partial charge is 0.339 e. The lowest BCUT2D eigenvalue weighted by atomic mass is 9.88. The van der Waals surface area contributed by atoms with Crippen molar-refractivity contribution in [1.82, 2.24) is 10.2 Å². The molecule has 0 aliphatic carbocycles. The maximum absolute atomic E-state index is 12.2. The molecule has 18 heavy (non-hydrogen) atoms. The van der Waals surface area contributed by atoms with E-state index in [1.165, 1.54) is 19.4 Å². The summed E-state index contributed by atoms with van der Waals surface area (Å²) in [6.07, 6.45) is 4.96. The van der Waals surface area contributed by atoms with Gasteiger partial charge >= 0.3 is 0 Å². The van der Waals surface area contributed by atoms with Gasteiger partial charge in [0, 0.05) is 24.5 Å². The van der Waals surface area contributed by atoms with Gasteiger partial charge in [0.15, 0.2) is 0 Å². The van der Waals surface area contributed by atoms with E-state index in [0.29, 0.717) is 6.04 Å². The van der Waals surface area contributed by atoms with E-state index >= 15 is 0 Å². The molecule has 1 unspecified atom stereocenters. The minimum atomic E-state index is 0.217. The number of thiophene rings is 1. The van der Waals surface area contributed by atoms with Crippen molar-refractivity contribution in [2.45, 2.75) is 31.7 Å². The van der Waals surface area contributed by atoms with Crippen molar-refractivity contribution in [2.24, 2.45) is 5.92 Å². The fourth-order valence-corrected chi connectivity index (χ4v) is 3.82. The molecule has 0 radical (unpaired) electrons. The number of rotatable bonds is 2. The van der Waals surface area contributed by atoms with E-state index in [9.17, 15) is 4.79 Å². The first-order chi connectivity index (χ1) is 8.84. The summed E-state index contributed by atoms with van der Waals surface area (Å²) in [5, 5.41) is 7.52. The molecule has 2 aliphatic heterocycles. The molecule has 2 fully saturated rings. The zero-order valence-electron chi connectivity index (χ0n) is 10.6. The number of carbonyl (C=O) groups is 1. The number of hydrogen-bond acceptors (Lipinski definition) is 3. The highest BCUT2D eigenvalue weighted by Gasteiger charge is 2.30. The maximum atomic E-state index is 12.2. The van der Waals surface area contributed by atoms with Gasteiger partial charge in [0.25, 0.3) is 5.91 Å². The molecule has 1 aromatic rings. The second-order valence-corrected chi connectivity index (χ2v) is 6.12. The second kappa shape index (κ2) is 5.41. The quantitative estimate of drug-likeness (QED) is 0.889. The highest BCUT2D eigenvalue weighted by Crippen LogP contribution is 2.26. The van der Waals surface area contributed by atoms with E-state index in [2.05, 4.69) is 5.32 Å². The van der Waals surface area contributed by atoms with Crippen LogP contribution in [0.3, 0.4) is 0 Å². The van der Waals surface area contributed by atoms with Crippen LogP contribution in [0.25, 0.3) is 0 Å². The van der Waals surface area contributed by atoms with Gasteiger partial charge in [-0.3, -0.25) is 4.79 Å². The zero-order chi connectivity index (χ0) is 12.4. The predicted molar refractivity (Wildman–Crippen MR) is 74.0 cm³/mol. The van der Waals surface area contributed by atoms with Gasteiger partial charge in [-0.2, -0.15) is 11.3 Å². The highest BCUT2D eigenvalue weighted by atomic mass is 32.1. The van der Waals surface area contributed by atoms with Gasteiger partial charge in [0.2, 0.25) is 0 Å². The van der Waals surface area contributed by atoms with Crippen LogP contribution in [0.5, 0.6) is 0 Å². The van der Waals surface area contributed by atoms with Crippen LogP contribution < -0.4 is 5.32 Å². The average Bonchev–Trinajstić information content (AvgIpc) is 3.11. The lowest BCUT2D eigenvalue weighted by Crippen LogP contribution is -2.43. The van der Waals surface area contributed by atoms with Crippen LogP contribution in [-0.2, 0) is 0 Å². The van der Waals surface area contributed by atoms with E-state index in [4.69, 9.17) is 0 Å². The van der Waals surface area contributed by atoms with Gasteiger partial charge in [0.05, 0.1) is 5.56 Å². The Morgan fingerprint density at radius 2 is 2.17 bits per heavy atom. The number of amides is 1. The summed E-state index contributed by atoms with van der Waals surface area (Å²) in [6, 6.07) is 2.64. The first-order valence-corrected chi connectivity index (χ1v) is 7.84. The van der Waals surface area contributed by atoms with Crippen molar-refractivity contribution < 1.29 is 4.79 Å². The molecule has 0 bridgehead atoms. The Labute approximate surface area is 112 Å². The summed E-state index contributed by atoms with van der Waals surface area (Å²) in [7, 11) is 0. The maximum Gasteiger partial charge on any atom is 0.254 e. The molecule has 2 aliphatic rings. The van der Waals surface area contributed by atoms with Crippen LogP contribution in [-0.4, -0.2) is 36.5 Å². The summed E-state index contributed by atoms with van der Waals surface area (Å²) < 4.78 is 0. The molecule has 4 heteroatoms. The van der Waals surface area contributed by atoms with E-state index < -0.39 is 0 Å². The van der Waals surface area contributed by atoms with Crippen LogP contribution in [0.1, 0.15) is 36.0 Å². The van der Waals surface area contributed by atoms with Crippen molar-refractivity contribution in [2.75, 3.05) is 19.6 Å². The minimum Gasteiger partial charge on any atom is -0.339 e. The molecule has 2 saturated heterocycles. The van der Waals surface area contributed by atoms with Gasteiger partial charge in [-0.15, -0.1) is 0 Å². The Morgan fingerprint density at radius 1 is 1.33 bits per heavy atom. The summed E-state index contributed by atoms with van der Waals surface area (Å²) >= 11 is 1.60. The van der Waals surface area contributed by atoms with Gasteiger partial charge in [0.1, 0.15) is 0 Å². The molecule has 3 rings (SSSR count). The normalized spacial score (nSPS) is 25.6. The van der Waals surface area contributed by atoms with Crippen molar-refractivity contribution >= 4 is 17.2 Å². The topological polar surface area (TPSA) is 32.3 Å². The summed E-state index contributed by atoms with van der Waals surface area (Å²) in [5.41, 5.74) is 0.859. The predicted octanol–water partition coefficient (Wildman–Crippen LogP) is 2.35. The van der Waals surface area contributed by atoms with Crippen molar-refractivity contribution in [3.63, 3.8) is 0 Å². The zero-order valence-corrected chi connectivity index (χ0v) is 11.4. The second-order valence-electron chi connectivity index (χ2n) is 5.34. The Hall–Kier alpha value is -0.870. The summed E-state index contributed by atoms with van der Waals surface area (Å²) in [6.45, 7) is 3.04. The molecule has 0 aromatic carbocycles. The van der Waals surface area contributed by atoms with E-state index in [-0.39, 0.29) is 5.91 Å². The fraction of sp³-hybridized carbons (Fsp3) is 0.643. The summed E-state index contributed by atoms with van der Waals surface area (Å²) in [4.78, 5) is 14.2. The fourth-order valence-electron chi connectivity index (χ4n) is 3.19. The number of nitrogens with zero attached hydrogens (tertiary/aromatic N) is 1. The molecular weight excluding hydrogens is 244 g/mol. The number of likely N-dealkylation sites (tertiary alicyclic amines) is 1. The smallest absolute Gasteiger partial charge is 0.254 e. The van der Waals surface area contributed by atoms with E-state index in [1.54, 1.807) is 11.3 Å². The van der Waals surface area contributed by atoms with Gasteiger partial charge in [-0.05, 0) is 49.6 Å². The number of piperidine rings is 1. The molecule has 1 amide bonds. The van der Waals surface area contributed by atoms with Gasteiger partial charge < -0.3 is 10.2 Å². The van der Waals surface area contributed by atoms with Crippen molar-refractivity contribution in [1.29, 1.82) is 0 Å². The van der Waals surface area contributed by atoms with E-state index in [1.807, 2.05) is 21.7 Å². The molecule has 3 nitrogen and oxygen atoms in total. The Morgan fingerprint density at radius 3 is 2.78 bits per heavy atom. The molecule has 0 spiro atoms. The third-order valence-electron chi connectivity index (χ3n) is 4.26. The van der Waals surface area contributed by atoms with Crippen LogP contribution in [0.4, 0.5) is 0 Å². The monoisotopic (exact) mass is 264 g/mol. The highest BCUT2D eigenvalue weighted by molar-refractivity contribution is 7.08. The van der Waals surface area contributed by atoms with Gasteiger partial charge in [-0.25, -0.2) is 0 Å². The molecule has 1 atom stereocenters. The third kappa shape index (κ3) is 2.45. The molecule has 3 heterocycles. The molecule has 98 valence electrons. The Balaban J connectivity index is 1.55. The van der Waals surface area contributed by atoms with Gasteiger partial charge in [-0.1, -0.05) is 0 Å². The van der Waals surface area contributed by atoms with Crippen LogP contribution in [0.15, 0.2) is 16.8 Å². The van der Waals surface area contributed by atoms with Crippen molar-refractivity contribution in [3.05, 3.63) is 22.4 Å².